The van der Waals surface area contributed by atoms with Crippen LogP contribution in [-0.4, -0.2) is 30.0 Å². The zero-order valence-corrected chi connectivity index (χ0v) is 12.3. The Labute approximate surface area is 122 Å². The van der Waals surface area contributed by atoms with E-state index >= 15 is 0 Å². The van der Waals surface area contributed by atoms with E-state index in [-0.39, 0.29) is 16.8 Å². The van der Waals surface area contributed by atoms with E-state index < -0.39 is 0 Å². The number of nitrogens with zero attached hydrogens (tertiary/aromatic N) is 3. The number of carbonyl (C=O) groups excluding carboxylic acids is 1. The number of aryl methyl sites for hydroxylation is 1. The molecule has 0 aliphatic heterocycles. The van der Waals surface area contributed by atoms with Crippen LogP contribution in [0.25, 0.3) is 0 Å². The monoisotopic (exact) mass is 290 g/mol. The average Bonchev–Trinajstić information content (AvgIpc) is 2.41. The number of rotatable bonds is 3. The molecule has 1 amide bonds. The maximum Gasteiger partial charge on any atom is 0.275 e. The second-order valence-corrected chi connectivity index (χ2v) is 4.96. The van der Waals surface area contributed by atoms with Gasteiger partial charge in [-0.3, -0.25) is 4.79 Å². The summed E-state index contributed by atoms with van der Waals surface area (Å²) < 4.78 is 0. The van der Waals surface area contributed by atoms with Crippen LogP contribution in [0.2, 0.25) is 5.15 Å². The van der Waals surface area contributed by atoms with Gasteiger partial charge in [0.2, 0.25) is 0 Å². The molecule has 104 valence electrons. The quantitative estimate of drug-likeness (QED) is 0.944. The molecule has 1 aromatic carbocycles. The third-order valence-electron chi connectivity index (χ3n) is 2.80. The van der Waals surface area contributed by atoms with Crippen LogP contribution in [0.4, 0.5) is 11.4 Å². The van der Waals surface area contributed by atoms with Crippen LogP contribution in [0.5, 0.6) is 0 Å². The number of carbonyl (C=O) groups is 1. The fraction of sp³-hybridized carbons (Fsp3) is 0.214. The minimum atomic E-state index is -0.317. The van der Waals surface area contributed by atoms with Crippen LogP contribution in [0.1, 0.15) is 16.1 Å². The van der Waals surface area contributed by atoms with Crippen molar-refractivity contribution in [2.75, 3.05) is 24.3 Å². The van der Waals surface area contributed by atoms with Gasteiger partial charge < -0.3 is 10.2 Å². The number of hydrogen-bond donors (Lipinski definition) is 1. The van der Waals surface area contributed by atoms with Gasteiger partial charge in [0.1, 0.15) is 10.8 Å². The summed E-state index contributed by atoms with van der Waals surface area (Å²) in [5.74, 6) is -0.317. The highest BCUT2D eigenvalue weighted by molar-refractivity contribution is 6.29. The van der Waals surface area contributed by atoms with Crippen molar-refractivity contribution in [3.05, 3.63) is 47.0 Å². The molecule has 0 saturated heterocycles. The molecule has 1 aromatic heterocycles. The molecular weight excluding hydrogens is 276 g/mol. The molecule has 0 fully saturated rings. The molecule has 2 aromatic rings. The summed E-state index contributed by atoms with van der Waals surface area (Å²) in [6.45, 7) is 2.02. The minimum Gasteiger partial charge on any atom is -0.377 e. The van der Waals surface area contributed by atoms with Crippen LogP contribution in [0.15, 0.2) is 30.6 Å². The molecule has 6 heteroatoms. The normalized spacial score (nSPS) is 10.2. The number of anilines is 2. The smallest absolute Gasteiger partial charge is 0.275 e. The highest BCUT2D eigenvalue weighted by Crippen LogP contribution is 2.22. The van der Waals surface area contributed by atoms with Gasteiger partial charge in [-0.25, -0.2) is 9.97 Å². The predicted octanol–water partition coefficient (Wildman–Crippen LogP) is 2.76. The molecule has 0 spiro atoms. The van der Waals surface area contributed by atoms with Crippen molar-refractivity contribution < 1.29 is 4.79 Å². The lowest BCUT2D eigenvalue weighted by molar-refractivity contribution is 0.102. The first-order valence-electron chi connectivity index (χ1n) is 6.04. The Morgan fingerprint density at radius 1 is 1.25 bits per heavy atom. The number of nitrogens with one attached hydrogen (secondary N) is 1. The summed E-state index contributed by atoms with van der Waals surface area (Å²) in [4.78, 5) is 21.8. The topological polar surface area (TPSA) is 58.1 Å². The lowest BCUT2D eigenvalue weighted by Gasteiger charge is -2.17. The summed E-state index contributed by atoms with van der Waals surface area (Å²) >= 11 is 5.64. The number of halogens is 1. The van der Waals surface area contributed by atoms with Crippen molar-refractivity contribution in [3.8, 4) is 0 Å². The Morgan fingerprint density at radius 2 is 2.00 bits per heavy atom. The molecule has 2 rings (SSSR count). The first-order chi connectivity index (χ1) is 9.47. The number of hydrogen-bond acceptors (Lipinski definition) is 4. The zero-order chi connectivity index (χ0) is 14.7. The van der Waals surface area contributed by atoms with Gasteiger partial charge >= 0.3 is 0 Å². The molecule has 0 aliphatic rings. The van der Waals surface area contributed by atoms with Crippen molar-refractivity contribution in [1.82, 2.24) is 9.97 Å². The summed E-state index contributed by atoms with van der Waals surface area (Å²) in [7, 11) is 3.91. The van der Waals surface area contributed by atoms with E-state index in [0.717, 1.165) is 11.3 Å². The van der Waals surface area contributed by atoms with Gasteiger partial charge in [-0.15, -0.1) is 0 Å². The first kappa shape index (κ1) is 14.3. The minimum absolute atomic E-state index is 0.223. The van der Waals surface area contributed by atoms with Crippen molar-refractivity contribution in [2.45, 2.75) is 6.92 Å². The molecular formula is C14H15ClN4O. The van der Waals surface area contributed by atoms with Crippen molar-refractivity contribution in [3.63, 3.8) is 0 Å². The van der Waals surface area contributed by atoms with Gasteiger partial charge in [0.25, 0.3) is 5.91 Å². The van der Waals surface area contributed by atoms with E-state index in [0.29, 0.717) is 5.69 Å². The lowest BCUT2D eigenvalue weighted by atomic mass is 10.1. The van der Waals surface area contributed by atoms with Crippen LogP contribution >= 0.6 is 11.6 Å². The van der Waals surface area contributed by atoms with E-state index in [1.54, 1.807) is 0 Å². The molecule has 0 saturated carbocycles. The maximum atomic E-state index is 12.0. The van der Waals surface area contributed by atoms with Gasteiger partial charge in [-0.1, -0.05) is 17.7 Å². The molecule has 1 N–H and O–H groups in total. The third kappa shape index (κ3) is 3.24. The van der Waals surface area contributed by atoms with Crippen LogP contribution < -0.4 is 10.2 Å². The molecule has 0 aliphatic carbocycles. The fourth-order valence-electron chi connectivity index (χ4n) is 1.79. The van der Waals surface area contributed by atoms with Crippen LogP contribution in [0.3, 0.4) is 0 Å². The Hall–Kier alpha value is -2.14. The largest absolute Gasteiger partial charge is 0.377 e. The molecule has 0 unspecified atom stereocenters. The van der Waals surface area contributed by atoms with E-state index in [1.807, 2.05) is 44.1 Å². The first-order valence-corrected chi connectivity index (χ1v) is 6.42. The summed E-state index contributed by atoms with van der Waals surface area (Å²) in [6, 6.07) is 5.72. The second kappa shape index (κ2) is 5.88. The van der Waals surface area contributed by atoms with Gasteiger partial charge in [0, 0.05) is 25.5 Å². The second-order valence-electron chi connectivity index (χ2n) is 4.57. The molecule has 0 radical (unpaired) electrons. The van der Waals surface area contributed by atoms with E-state index in [4.69, 9.17) is 11.6 Å². The van der Waals surface area contributed by atoms with Crippen LogP contribution in [-0.2, 0) is 0 Å². The number of aromatic nitrogens is 2. The predicted molar refractivity (Wildman–Crippen MR) is 80.5 cm³/mol. The number of benzene rings is 1. The highest BCUT2D eigenvalue weighted by atomic mass is 35.5. The zero-order valence-electron chi connectivity index (χ0n) is 11.5. The Bertz CT molecular complexity index is 626. The lowest BCUT2D eigenvalue weighted by Crippen LogP contribution is -2.15. The fourth-order valence-corrected chi connectivity index (χ4v) is 1.89. The third-order valence-corrected chi connectivity index (χ3v) is 3.00. The van der Waals surface area contributed by atoms with E-state index in [1.165, 1.54) is 12.4 Å². The standard InChI is InChI=1S/C14H15ClN4O/c1-9-4-5-10(6-12(9)19(2)3)18-14(20)11-7-17-13(15)8-16-11/h4-8H,1-3H3,(H,18,20). The molecule has 0 atom stereocenters. The molecule has 1 heterocycles. The Morgan fingerprint density at radius 3 is 2.60 bits per heavy atom. The van der Waals surface area contributed by atoms with Gasteiger partial charge in [-0.05, 0) is 24.6 Å². The summed E-state index contributed by atoms with van der Waals surface area (Å²) in [5, 5.41) is 3.05. The molecule has 0 bridgehead atoms. The van der Waals surface area contributed by atoms with Crippen molar-refractivity contribution in [1.29, 1.82) is 0 Å². The number of amides is 1. The van der Waals surface area contributed by atoms with Gasteiger partial charge in [-0.2, -0.15) is 0 Å². The van der Waals surface area contributed by atoms with Crippen molar-refractivity contribution >= 4 is 28.9 Å². The van der Waals surface area contributed by atoms with E-state index in [2.05, 4.69) is 15.3 Å². The highest BCUT2D eigenvalue weighted by Gasteiger charge is 2.09. The van der Waals surface area contributed by atoms with E-state index in [9.17, 15) is 4.79 Å². The van der Waals surface area contributed by atoms with Crippen LogP contribution in [0, 0.1) is 6.92 Å². The molecule has 20 heavy (non-hydrogen) atoms. The van der Waals surface area contributed by atoms with Crippen molar-refractivity contribution in [2.24, 2.45) is 0 Å². The Kier molecular flexibility index (Phi) is 4.20. The van der Waals surface area contributed by atoms with Gasteiger partial charge in [0.15, 0.2) is 0 Å². The van der Waals surface area contributed by atoms with Gasteiger partial charge in [0.05, 0.1) is 12.4 Å². The summed E-state index contributed by atoms with van der Waals surface area (Å²) in [5.41, 5.74) is 3.12. The Balaban J connectivity index is 2.19. The maximum absolute atomic E-state index is 12.0. The molecule has 5 nitrogen and oxygen atoms in total. The average molecular weight is 291 g/mol. The SMILES string of the molecule is Cc1ccc(NC(=O)c2cnc(Cl)cn2)cc1N(C)C. The summed E-state index contributed by atoms with van der Waals surface area (Å²) in [6.07, 6.45) is 2.69.